The summed E-state index contributed by atoms with van der Waals surface area (Å²) in [5.41, 5.74) is 6.69. The number of nitrogens with zero attached hydrogens (tertiary/aromatic N) is 2. The molecule has 2 heterocycles. The summed E-state index contributed by atoms with van der Waals surface area (Å²) >= 11 is 5.54. The van der Waals surface area contributed by atoms with E-state index < -0.39 is 0 Å². The Labute approximate surface area is 156 Å². The highest BCUT2D eigenvalue weighted by molar-refractivity contribution is 7.71. The number of H-pyrrole nitrogens is 1. The van der Waals surface area contributed by atoms with Crippen LogP contribution in [-0.2, 0) is 13.1 Å². The molecular weight excluding hydrogens is 326 g/mol. The van der Waals surface area contributed by atoms with Crippen molar-refractivity contribution in [2.75, 3.05) is 6.54 Å². The molecule has 1 aromatic carbocycles. The monoisotopic (exact) mass is 355 g/mol. The first-order chi connectivity index (χ1) is 12.0. The Hall–Kier alpha value is -1.65. The SMILES string of the molecule is CC(C)=CCC/C(C)=C\CN1Cc2cccc3[nH]c(=S)n(c23)CC1C. The van der Waals surface area contributed by atoms with Gasteiger partial charge in [-0.25, -0.2) is 0 Å². The summed E-state index contributed by atoms with van der Waals surface area (Å²) in [4.78, 5) is 5.90. The Morgan fingerprint density at radius 2 is 2.08 bits per heavy atom. The molecule has 1 unspecified atom stereocenters. The number of hydrogen-bond donors (Lipinski definition) is 1. The van der Waals surface area contributed by atoms with Crippen LogP contribution in [0.2, 0.25) is 0 Å². The second kappa shape index (κ2) is 7.71. The maximum absolute atomic E-state index is 5.54. The van der Waals surface area contributed by atoms with E-state index in [9.17, 15) is 0 Å². The maximum Gasteiger partial charge on any atom is 0.178 e. The molecule has 0 bridgehead atoms. The van der Waals surface area contributed by atoms with Gasteiger partial charge in [-0.1, -0.05) is 35.4 Å². The van der Waals surface area contributed by atoms with Gasteiger partial charge in [-0.3, -0.25) is 4.90 Å². The summed E-state index contributed by atoms with van der Waals surface area (Å²) in [5, 5.41) is 0. The zero-order valence-electron chi connectivity index (χ0n) is 15.8. The molecule has 134 valence electrons. The molecule has 4 heteroatoms. The van der Waals surface area contributed by atoms with Gasteiger partial charge >= 0.3 is 0 Å². The summed E-state index contributed by atoms with van der Waals surface area (Å²) in [6.07, 6.45) is 7.01. The summed E-state index contributed by atoms with van der Waals surface area (Å²) in [5.74, 6) is 0. The molecule has 0 aliphatic carbocycles. The molecule has 1 aromatic heterocycles. The molecule has 25 heavy (non-hydrogen) atoms. The third-order valence-electron chi connectivity index (χ3n) is 5.09. The topological polar surface area (TPSA) is 24.0 Å². The van der Waals surface area contributed by atoms with Gasteiger partial charge < -0.3 is 9.55 Å². The van der Waals surface area contributed by atoms with Crippen LogP contribution in [0.1, 0.15) is 46.1 Å². The Morgan fingerprint density at radius 1 is 1.28 bits per heavy atom. The van der Waals surface area contributed by atoms with Gasteiger partial charge in [0.1, 0.15) is 0 Å². The number of nitrogens with one attached hydrogen (secondary N) is 1. The lowest BCUT2D eigenvalue weighted by Gasteiger charge is -2.26. The van der Waals surface area contributed by atoms with Crippen LogP contribution in [0.5, 0.6) is 0 Å². The van der Waals surface area contributed by atoms with Crippen LogP contribution >= 0.6 is 12.2 Å². The highest BCUT2D eigenvalue weighted by Crippen LogP contribution is 2.25. The van der Waals surface area contributed by atoms with Crippen molar-refractivity contribution in [2.24, 2.45) is 0 Å². The fraction of sp³-hybridized carbons (Fsp3) is 0.476. The fourth-order valence-electron chi connectivity index (χ4n) is 3.56. The minimum Gasteiger partial charge on any atom is -0.331 e. The van der Waals surface area contributed by atoms with Crippen molar-refractivity contribution in [3.8, 4) is 0 Å². The van der Waals surface area contributed by atoms with E-state index in [1.165, 1.54) is 22.2 Å². The molecule has 0 saturated carbocycles. The van der Waals surface area contributed by atoms with Crippen molar-refractivity contribution < 1.29 is 0 Å². The highest BCUT2D eigenvalue weighted by atomic mass is 32.1. The van der Waals surface area contributed by atoms with Crippen LogP contribution in [0.25, 0.3) is 11.0 Å². The van der Waals surface area contributed by atoms with Crippen molar-refractivity contribution >= 4 is 23.3 Å². The number of rotatable bonds is 5. The zero-order valence-corrected chi connectivity index (χ0v) is 16.6. The number of hydrogen-bond acceptors (Lipinski definition) is 2. The number of aromatic amines is 1. The maximum atomic E-state index is 5.54. The van der Waals surface area contributed by atoms with Gasteiger partial charge in [-0.15, -0.1) is 0 Å². The molecule has 3 rings (SSSR count). The third kappa shape index (κ3) is 4.13. The summed E-state index contributed by atoms with van der Waals surface area (Å²) in [7, 11) is 0. The van der Waals surface area contributed by atoms with E-state index in [0.717, 1.165) is 42.8 Å². The van der Waals surface area contributed by atoms with Gasteiger partial charge in [0.2, 0.25) is 0 Å². The van der Waals surface area contributed by atoms with Crippen LogP contribution in [0.15, 0.2) is 41.5 Å². The highest BCUT2D eigenvalue weighted by Gasteiger charge is 2.22. The Bertz CT molecular complexity index is 865. The molecule has 2 aromatic rings. The van der Waals surface area contributed by atoms with Crippen molar-refractivity contribution in [1.82, 2.24) is 14.5 Å². The van der Waals surface area contributed by atoms with Crippen LogP contribution in [0.4, 0.5) is 0 Å². The van der Waals surface area contributed by atoms with Gasteiger partial charge in [0.15, 0.2) is 4.77 Å². The average molecular weight is 356 g/mol. The lowest BCUT2D eigenvalue weighted by molar-refractivity contribution is 0.210. The van der Waals surface area contributed by atoms with Crippen LogP contribution in [-0.4, -0.2) is 27.0 Å². The fourth-order valence-corrected chi connectivity index (χ4v) is 3.84. The van der Waals surface area contributed by atoms with E-state index in [0.29, 0.717) is 6.04 Å². The molecule has 1 N–H and O–H groups in total. The second-order valence-electron chi connectivity index (χ2n) is 7.50. The van der Waals surface area contributed by atoms with Gasteiger partial charge in [0.05, 0.1) is 11.0 Å². The minimum absolute atomic E-state index is 0.458. The molecule has 0 fully saturated rings. The second-order valence-corrected chi connectivity index (χ2v) is 7.89. The number of allylic oxidation sites excluding steroid dienone is 3. The third-order valence-corrected chi connectivity index (χ3v) is 5.41. The van der Waals surface area contributed by atoms with E-state index in [4.69, 9.17) is 12.2 Å². The summed E-state index contributed by atoms with van der Waals surface area (Å²) in [6.45, 7) is 11.8. The Kier molecular flexibility index (Phi) is 5.60. The lowest BCUT2D eigenvalue weighted by atomic mass is 10.1. The van der Waals surface area contributed by atoms with Crippen molar-refractivity contribution in [1.29, 1.82) is 0 Å². The average Bonchev–Trinajstić information content (AvgIpc) is 2.78. The van der Waals surface area contributed by atoms with E-state index >= 15 is 0 Å². The predicted octanol–water partition coefficient (Wildman–Crippen LogP) is 5.60. The Morgan fingerprint density at radius 3 is 2.84 bits per heavy atom. The molecule has 1 aliphatic heterocycles. The molecule has 1 aliphatic rings. The largest absolute Gasteiger partial charge is 0.331 e. The standard InChI is InChI=1S/C21H29N3S/c1-15(2)7-5-8-16(3)11-12-23-14-18-9-6-10-19-20(18)24(13-17(23)4)21(25)22-19/h6-7,9-11,17H,5,8,12-14H2,1-4H3,(H,22,25)/b16-11-. The van der Waals surface area contributed by atoms with Crippen molar-refractivity contribution in [2.45, 2.75) is 59.7 Å². The van der Waals surface area contributed by atoms with Crippen molar-refractivity contribution in [3.05, 3.63) is 51.8 Å². The first kappa shape index (κ1) is 18.2. The number of imidazole rings is 1. The van der Waals surface area contributed by atoms with Gasteiger partial charge in [0.25, 0.3) is 0 Å². The molecule has 1 atom stereocenters. The normalized spacial score (nSPS) is 18.4. The van der Waals surface area contributed by atoms with Crippen LogP contribution < -0.4 is 0 Å². The van der Waals surface area contributed by atoms with Crippen LogP contribution in [0.3, 0.4) is 0 Å². The minimum atomic E-state index is 0.458. The van der Waals surface area contributed by atoms with Gasteiger partial charge in [-0.05, 0) is 64.4 Å². The molecule has 3 nitrogen and oxygen atoms in total. The number of para-hydroxylation sites is 1. The molecule has 0 saturated heterocycles. The van der Waals surface area contributed by atoms with E-state index in [-0.39, 0.29) is 0 Å². The zero-order chi connectivity index (χ0) is 18.0. The number of benzene rings is 1. The predicted molar refractivity (Wildman–Crippen MR) is 109 cm³/mol. The van der Waals surface area contributed by atoms with E-state index in [1.54, 1.807) is 0 Å². The first-order valence-corrected chi connectivity index (χ1v) is 9.60. The molecule has 0 radical (unpaired) electrons. The van der Waals surface area contributed by atoms with Gasteiger partial charge in [-0.2, -0.15) is 0 Å². The smallest absolute Gasteiger partial charge is 0.178 e. The Balaban J connectivity index is 1.76. The summed E-state index contributed by atoms with van der Waals surface area (Å²) in [6, 6.07) is 6.94. The molecule has 0 spiro atoms. The van der Waals surface area contributed by atoms with Crippen molar-refractivity contribution in [3.63, 3.8) is 0 Å². The van der Waals surface area contributed by atoms with Crippen LogP contribution in [0, 0.1) is 4.77 Å². The van der Waals surface area contributed by atoms with Gasteiger partial charge in [0, 0.05) is 25.7 Å². The molecule has 0 amide bonds. The number of aromatic nitrogens is 2. The lowest BCUT2D eigenvalue weighted by Crippen LogP contribution is -2.34. The molecular formula is C21H29N3S. The quantitative estimate of drug-likeness (QED) is 0.558. The first-order valence-electron chi connectivity index (χ1n) is 9.19. The van der Waals surface area contributed by atoms with E-state index in [2.05, 4.69) is 72.5 Å². The van der Waals surface area contributed by atoms with E-state index in [1.807, 2.05) is 0 Å². The summed E-state index contributed by atoms with van der Waals surface area (Å²) < 4.78 is 3.11.